The van der Waals surface area contributed by atoms with Gasteiger partial charge in [-0.15, -0.1) is 16.4 Å². The Morgan fingerprint density at radius 1 is 1.10 bits per heavy atom. The molecule has 29 heavy (non-hydrogen) atoms. The highest BCUT2D eigenvalue weighted by molar-refractivity contribution is 7.07. The average molecular weight is 409 g/mol. The van der Waals surface area contributed by atoms with Gasteiger partial charge in [0.25, 0.3) is 0 Å². The fourth-order valence-electron chi connectivity index (χ4n) is 4.85. The van der Waals surface area contributed by atoms with Crippen molar-refractivity contribution in [3.05, 3.63) is 51.6 Å². The van der Waals surface area contributed by atoms with Crippen molar-refractivity contribution < 1.29 is 4.74 Å². The second-order valence-electron chi connectivity index (χ2n) is 8.54. The number of aryl methyl sites for hydroxylation is 2. The molecule has 6 heteroatoms. The zero-order chi connectivity index (χ0) is 19.8. The van der Waals surface area contributed by atoms with Crippen molar-refractivity contribution in [3.63, 3.8) is 0 Å². The number of fused-ring (bicyclic) bond motifs is 1. The van der Waals surface area contributed by atoms with Crippen molar-refractivity contribution >= 4 is 11.3 Å². The fraction of sp³-hybridized carbons (Fsp3) is 0.522. The Morgan fingerprint density at radius 3 is 2.66 bits per heavy atom. The lowest BCUT2D eigenvalue weighted by molar-refractivity contribution is -0.0510. The van der Waals surface area contributed by atoms with E-state index in [-0.39, 0.29) is 12.2 Å². The minimum absolute atomic E-state index is 0.243. The van der Waals surface area contributed by atoms with E-state index in [1.54, 1.807) is 11.3 Å². The standard InChI is InChI=1S/C23H28N4OS/c1-15-9-20(10-16(2)28-15)27-22(25-23(26-27)21-13-29-14-24-21)12-17-7-8-18-5-3-4-6-19(18)11-17/h7-8,11,13-16,20H,3-6,9-10,12H2,1-2H3. The van der Waals surface area contributed by atoms with Gasteiger partial charge in [-0.05, 0) is 69.1 Å². The molecule has 0 saturated carbocycles. The monoisotopic (exact) mass is 408 g/mol. The largest absolute Gasteiger partial charge is 0.375 e. The Labute approximate surface area is 176 Å². The molecule has 152 valence electrons. The van der Waals surface area contributed by atoms with E-state index < -0.39 is 0 Å². The predicted octanol–water partition coefficient (Wildman–Crippen LogP) is 5.00. The van der Waals surface area contributed by atoms with E-state index in [0.29, 0.717) is 6.04 Å². The molecule has 0 amide bonds. The van der Waals surface area contributed by atoms with Gasteiger partial charge in [0.15, 0.2) is 0 Å². The summed E-state index contributed by atoms with van der Waals surface area (Å²) in [6.07, 6.45) is 8.29. The summed E-state index contributed by atoms with van der Waals surface area (Å²) in [6.45, 7) is 4.31. The van der Waals surface area contributed by atoms with Crippen LogP contribution in [0.4, 0.5) is 0 Å². The topological polar surface area (TPSA) is 52.8 Å². The Bertz CT molecular complexity index is 971. The molecule has 1 aliphatic carbocycles. The molecule has 0 spiro atoms. The van der Waals surface area contributed by atoms with Crippen LogP contribution in [0.5, 0.6) is 0 Å². The molecule has 5 nitrogen and oxygen atoms in total. The van der Waals surface area contributed by atoms with Gasteiger partial charge in [0, 0.05) is 11.8 Å². The number of benzene rings is 1. The van der Waals surface area contributed by atoms with Crippen molar-refractivity contribution in [2.75, 3.05) is 0 Å². The second-order valence-corrected chi connectivity index (χ2v) is 9.26. The van der Waals surface area contributed by atoms with Gasteiger partial charge in [0.2, 0.25) is 5.82 Å². The van der Waals surface area contributed by atoms with Gasteiger partial charge >= 0.3 is 0 Å². The van der Waals surface area contributed by atoms with Crippen molar-refractivity contribution in [1.82, 2.24) is 19.7 Å². The zero-order valence-corrected chi connectivity index (χ0v) is 18.0. The lowest BCUT2D eigenvalue weighted by Crippen LogP contribution is -2.32. The smallest absolute Gasteiger partial charge is 0.200 e. The number of ether oxygens (including phenoxy) is 1. The van der Waals surface area contributed by atoms with Crippen LogP contribution in [0.15, 0.2) is 29.1 Å². The van der Waals surface area contributed by atoms with Crippen LogP contribution >= 0.6 is 11.3 Å². The maximum Gasteiger partial charge on any atom is 0.200 e. The van der Waals surface area contributed by atoms with Gasteiger partial charge in [0.1, 0.15) is 11.5 Å². The third-order valence-electron chi connectivity index (χ3n) is 6.16. The van der Waals surface area contributed by atoms with Gasteiger partial charge in [-0.2, -0.15) is 0 Å². The van der Waals surface area contributed by atoms with E-state index >= 15 is 0 Å². The van der Waals surface area contributed by atoms with E-state index in [2.05, 4.69) is 41.7 Å². The number of hydrogen-bond donors (Lipinski definition) is 0. The Hall–Kier alpha value is -2.05. The van der Waals surface area contributed by atoms with E-state index in [1.807, 2.05) is 10.9 Å². The molecule has 0 N–H and O–H groups in total. The lowest BCUT2D eigenvalue weighted by atomic mass is 9.90. The van der Waals surface area contributed by atoms with Gasteiger partial charge in [-0.1, -0.05) is 18.2 Å². The molecule has 2 aromatic heterocycles. The van der Waals surface area contributed by atoms with Crippen LogP contribution in [-0.2, 0) is 24.0 Å². The third-order valence-corrected chi connectivity index (χ3v) is 6.74. The van der Waals surface area contributed by atoms with Crippen LogP contribution in [0.2, 0.25) is 0 Å². The molecule has 5 rings (SSSR count). The molecular formula is C23H28N4OS. The molecule has 3 heterocycles. The highest BCUT2D eigenvalue weighted by atomic mass is 32.1. The SMILES string of the molecule is CC1CC(n2nc(-c3cscn3)nc2Cc2ccc3c(c2)CCCC3)CC(C)O1. The molecule has 0 radical (unpaired) electrons. The van der Waals surface area contributed by atoms with Crippen molar-refractivity contribution in [1.29, 1.82) is 0 Å². The van der Waals surface area contributed by atoms with Gasteiger partial charge in [0.05, 0.1) is 23.8 Å². The van der Waals surface area contributed by atoms with Gasteiger partial charge in [-0.25, -0.2) is 14.6 Å². The van der Waals surface area contributed by atoms with Crippen molar-refractivity contribution in [2.45, 2.75) is 77.0 Å². The summed E-state index contributed by atoms with van der Waals surface area (Å²) in [6, 6.07) is 7.32. The Kier molecular flexibility index (Phi) is 5.22. The Balaban J connectivity index is 1.49. The first-order chi connectivity index (χ1) is 14.2. The molecule has 2 unspecified atom stereocenters. The summed E-state index contributed by atoms with van der Waals surface area (Å²) in [5.41, 5.74) is 7.09. The van der Waals surface area contributed by atoms with E-state index in [9.17, 15) is 0 Å². The van der Waals surface area contributed by atoms with Gasteiger partial charge < -0.3 is 4.74 Å². The highest BCUT2D eigenvalue weighted by Crippen LogP contribution is 2.31. The minimum Gasteiger partial charge on any atom is -0.375 e. The third kappa shape index (κ3) is 4.01. The van der Waals surface area contributed by atoms with Crippen LogP contribution < -0.4 is 0 Å². The van der Waals surface area contributed by atoms with Crippen LogP contribution in [0.25, 0.3) is 11.5 Å². The normalized spacial score (nSPS) is 24.4. The van der Waals surface area contributed by atoms with Crippen molar-refractivity contribution in [3.8, 4) is 11.5 Å². The minimum atomic E-state index is 0.243. The molecule has 1 aliphatic heterocycles. The van der Waals surface area contributed by atoms with Crippen LogP contribution in [0.3, 0.4) is 0 Å². The summed E-state index contributed by atoms with van der Waals surface area (Å²) in [4.78, 5) is 9.38. The quantitative estimate of drug-likeness (QED) is 0.610. The molecule has 1 saturated heterocycles. The molecule has 2 aliphatic rings. The maximum absolute atomic E-state index is 5.97. The van der Waals surface area contributed by atoms with Crippen LogP contribution in [0.1, 0.15) is 68.1 Å². The fourth-order valence-corrected chi connectivity index (χ4v) is 5.38. The predicted molar refractivity (Wildman–Crippen MR) is 115 cm³/mol. The molecule has 2 atom stereocenters. The number of hydrogen-bond acceptors (Lipinski definition) is 5. The highest BCUT2D eigenvalue weighted by Gasteiger charge is 2.29. The lowest BCUT2D eigenvalue weighted by Gasteiger charge is -2.32. The summed E-state index contributed by atoms with van der Waals surface area (Å²) in [5, 5.41) is 6.95. The average Bonchev–Trinajstić information content (AvgIpc) is 3.37. The van der Waals surface area contributed by atoms with Crippen LogP contribution in [-0.4, -0.2) is 32.0 Å². The number of aromatic nitrogens is 4. The summed E-state index contributed by atoms with van der Waals surface area (Å²) in [7, 11) is 0. The maximum atomic E-state index is 5.97. The second kappa shape index (κ2) is 8.00. The first-order valence-corrected chi connectivity index (χ1v) is 11.7. The molecular weight excluding hydrogens is 380 g/mol. The number of rotatable bonds is 4. The molecule has 3 aromatic rings. The zero-order valence-electron chi connectivity index (χ0n) is 17.2. The van der Waals surface area contributed by atoms with E-state index in [0.717, 1.165) is 36.6 Å². The molecule has 1 fully saturated rings. The number of thiazole rings is 1. The Morgan fingerprint density at radius 2 is 1.90 bits per heavy atom. The van der Waals surface area contributed by atoms with Crippen molar-refractivity contribution in [2.24, 2.45) is 0 Å². The van der Waals surface area contributed by atoms with E-state index in [1.165, 1.54) is 42.4 Å². The summed E-state index contributed by atoms with van der Waals surface area (Å²) < 4.78 is 8.14. The first kappa shape index (κ1) is 18.9. The van der Waals surface area contributed by atoms with E-state index in [4.69, 9.17) is 14.8 Å². The first-order valence-electron chi connectivity index (χ1n) is 10.8. The summed E-state index contributed by atoms with van der Waals surface area (Å²) in [5.74, 6) is 1.78. The van der Waals surface area contributed by atoms with Gasteiger partial charge in [-0.3, -0.25) is 0 Å². The summed E-state index contributed by atoms with van der Waals surface area (Å²) >= 11 is 1.58. The van der Waals surface area contributed by atoms with Crippen LogP contribution in [0, 0.1) is 0 Å². The molecule has 0 bridgehead atoms. The number of nitrogens with zero attached hydrogens (tertiary/aromatic N) is 4. The molecule has 1 aromatic carbocycles.